The molecule has 0 aromatic carbocycles. The van der Waals surface area contributed by atoms with E-state index in [4.69, 9.17) is 0 Å². The average molecular weight is 320 g/mol. The molecule has 0 radical (unpaired) electrons. The van der Waals surface area contributed by atoms with Crippen LogP contribution in [0.2, 0.25) is 0 Å². The molecule has 2 atom stereocenters. The van der Waals surface area contributed by atoms with E-state index in [0.717, 1.165) is 12.8 Å². The lowest BCUT2D eigenvalue weighted by molar-refractivity contribution is -0.129. The number of nitrogens with one attached hydrogen (secondary N) is 2. The van der Waals surface area contributed by atoms with Crippen LogP contribution in [0.3, 0.4) is 0 Å². The van der Waals surface area contributed by atoms with Gasteiger partial charge >= 0.3 is 6.03 Å². The minimum absolute atomic E-state index is 0.0575. The first kappa shape index (κ1) is 17.4. The number of piperazine rings is 1. The zero-order valence-corrected chi connectivity index (χ0v) is 14.5. The van der Waals surface area contributed by atoms with E-state index in [9.17, 15) is 9.59 Å². The van der Waals surface area contributed by atoms with Crippen LogP contribution in [0.1, 0.15) is 32.9 Å². The number of hydrogen-bond acceptors (Lipinski definition) is 2. The van der Waals surface area contributed by atoms with Gasteiger partial charge < -0.3 is 20.1 Å². The maximum absolute atomic E-state index is 12.5. The maximum atomic E-state index is 12.5. The molecule has 1 fully saturated rings. The minimum Gasteiger partial charge on any atom is -0.354 e. The van der Waals surface area contributed by atoms with Crippen LogP contribution in [0, 0.1) is 5.92 Å². The van der Waals surface area contributed by atoms with Crippen LogP contribution < -0.4 is 10.6 Å². The summed E-state index contributed by atoms with van der Waals surface area (Å²) in [7, 11) is 2.03. The summed E-state index contributed by atoms with van der Waals surface area (Å²) < 4.78 is 2.10. The molecule has 6 nitrogen and oxygen atoms in total. The molecule has 0 unspecified atom stereocenters. The summed E-state index contributed by atoms with van der Waals surface area (Å²) in [5, 5.41) is 5.87. The molecule has 1 aliphatic rings. The van der Waals surface area contributed by atoms with Crippen LogP contribution in [-0.2, 0) is 18.3 Å². The smallest absolute Gasteiger partial charge is 0.318 e. The van der Waals surface area contributed by atoms with E-state index in [-0.39, 0.29) is 29.9 Å². The van der Waals surface area contributed by atoms with E-state index in [1.54, 1.807) is 4.90 Å². The van der Waals surface area contributed by atoms with Crippen molar-refractivity contribution < 1.29 is 9.59 Å². The SMILES string of the molecule is CC(C)[C@@H]1C(=O)NCCN1C(=O)N[C@H](C)CCc1cccn1C. The molecule has 0 saturated carbocycles. The molecule has 0 spiro atoms. The number of aryl methyl sites for hydroxylation is 2. The number of hydrogen-bond donors (Lipinski definition) is 2. The molecule has 128 valence electrons. The Balaban J connectivity index is 1.89. The first-order valence-electron chi connectivity index (χ1n) is 8.35. The minimum atomic E-state index is -0.385. The van der Waals surface area contributed by atoms with Crippen LogP contribution in [0.5, 0.6) is 0 Å². The van der Waals surface area contributed by atoms with Crippen molar-refractivity contribution in [3.05, 3.63) is 24.0 Å². The largest absolute Gasteiger partial charge is 0.354 e. The lowest BCUT2D eigenvalue weighted by atomic mass is 10.00. The molecule has 6 heteroatoms. The van der Waals surface area contributed by atoms with Gasteiger partial charge in [0.05, 0.1) is 0 Å². The van der Waals surface area contributed by atoms with Gasteiger partial charge in [-0.1, -0.05) is 13.8 Å². The fourth-order valence-electron chi connectivity index (χ4n) is 3.06. The van der Waals surface area contributed by atoms with E-state index in [1.165, 1.54) is 5.69 Å². The van der Waals surface area contributed by atoms with Gasteiger partial charge in [0.15, 0.2) is 0 Å². The Morgan fingerprint density at radius 3 is 2.78 bits per heavy atom. The molecule has 2 heterocycles. The molecular formula is C17H28N4O2. The molecular weight excluding hydrogens is 292 g/mol. The lowest BCUT2D eigenvalue weighted by Gasteiger charge is -2.37. The third-order valence-corrected chi connectivity index (χ3v) is 4.40. The number of urea groups is 1. The summed E-state index contributed by atoms with van der Waals surface area (Å²) in [5.41, 5.74) is 1.25. The normalized spacial score (nSPS) is 19.6. The molecule has 0 bridgehead atoms. The van der Waals surface area contributed by atoms with Gasteiger partial charge in [-0.15, -0.1) is 0 Å². The Bertz CT molecular complexity index is 553. The molecule has 1 aromatic heterocycles. The van der Waals surface area contributed by atoms with Crippen molar-refractivity contribution in [2.75, 3.05) is 13.1 Å². The topological polar surface area (TPSA) is 66.4 Å². The van der Waals surface area contributed by atoms with E-state index in [0.29, 0.717) is 13.1 Å². The standard InChI is InChI=1S/C17H28N4O2/c1-12(2)15-16(22)18-9-11-21(15)17(23)19-13(3)7-8-14-6-5-10-20(14)4/h5-6,10,12-13,15H,7-9,11H2,1-4H3,(H,18,22)(H,19,23)/t13-,15-/m1/s1. The third-order valence-electron chi connectivity index (χ3n) is 4.40. The van der Waals surface area contributed by atoms with Crippen LogP contribution in [0.25, 0.3) is 0 Å². The van der Waals surface area contributed by atoms with Gasteiger partial charge in [-0.25, -0.2) is 4.79 Å². The summed E-state index contributed by atoms with van der Waals surface area (Å²) in [5.74, 6) is 0.0394. The zero-order valence-electron chi connectivity index (χ0n) is 14.5. The number of nitrogens with zero attached hydrogens (tertiary/aromatic N) is 2. The first-order chi connectivity index (χ1) is 10.9. The quantitative estimate of drug-likeness (QED) is 0.864. The number of amides is 3. The van der Waals surface area contributed by atoms with Crippen molar-refractivity contribution in [3.63, 3.8) is 0 Å². The van der Waals surface area contributed by atoms with E-state index in [1.807, 2.05) is 40.1 Å². The molecule has 0 aliphatic carbocycles. The van der Waals surface area contributed by atoms with Crippen LogP contribution >= 0.6 is 0 Å². The van der Waals surface area contributed by atoms with Gasteiger partial charge in [-0.05, 0) is 37.8 Å². The Labute approximate surface area is 138 Å². The van der Waals surface area contributed by atoms with Gasteiger partial charge in [0.25, 0.3) is 0 Å². The van der Waals surface area contributed by atoms with Gasteiger partial charge in [-0.2, -0.15) is 0 Å². The Kier molecular flexibility index (Phi) is 5.69. The average Bonchev–Trinajstić information content (AvgIpc) is 2.89. The molecule has 1 aromatic rings. The summed E-state index contributed by atoms with van der Waals surface area (Å²) in [6.45, 7) is 7.02. The molecule has 3 amide bonds. The van der Waals surface area contributed by atoms with Gasteiger partial charge in [0.1, 0.15) is 6.04 Å². The highest BCUT2D eigenvalue weighted by Crippen LogP contribution is 2.15. The summed E-state index contributed by atoms with van der Waals surface area (Å²) in [4.78, 5) is 26.2. The molecule has 1 aliphatic heterocycles. The van der Waals surface area contributed by atoms with Crippen molar-refractivity contribution in [1.82, 2.24) is 20.1 Å². The van der Waals surface area contributed by atoms with Crippen molar-refractivity contribution in [2.24, 2.45) is 13.0 Å². The fourth-order valence-corrected chi connectivity index (χ4v) is 3.06. The highest BCUT2D eigenvalue weighted by molar-refractivity contribution is 5.88. The fraction of sp³-hybridized carbons (Fsp3) is 0.647. The van der Waals surface area contributed by atoms with E-state index < -0.39 is 0 Å². The second kappa shape index (κ2) is 7.53. The molecule has 2 rings (SSSR count). The second-order valence-electron chi connectivity index (χ2n) is 6.67. The van der Waals surface area contributed by atoms with E-state index >= 15 is 0 Å². The predicted octanol–water partition coefficient (Wildman–Crippen LogP) is 1.51. The highest BCUT2D eigenvalue weighted by Gasteiger charge is 2.35. The van der Waals surface area contributed by atoms with Crippen molar-refractivity contribution in [1.29, 1.82) is 0 Å². The second-order valence-corrected chi connectivity index (χ2v) is 6.67. The predicted molar refractivity (Wildman–Crippen MR) is 90.1 cm³/mol. The third kappa shape index (κ3) is 4.27. The zero-order chi connectivity index (χ0) is 17.0. The Morgan fingerprint density at radius 1 is 1.43 bits per heavy atom. The Hall–Kier alpha value is -1.98. The number of carbonyl (C=O) groups excluding carboxylic acids is 2. The maximum Gasteiger partial charge on any atom is 0.318 e. The van der Waals surface area contributed by atoms with Crippen LogP contribution in [0.15, 0.2) is 18.3 Å². The first-order valence-corrected chi connectivity index (χ1v) is 8.35. The molecule has 2 N–H and O–H groups in total. The molecule has 23 heavy (non-hydrogen) atoms. The number of carbonyl (C=O) groups is 2. The van der Waals surface area contributed by atoms with Crippen molar-refractivity contribution >= 4 is 11.9 Å². The number of aromatic nitrogens is 1. The van der Waals surface area contributed by atoms with Crippen molar-refractivity contribution in [2.45, 2.75) is 45.7 Å². The molecule has 1 saturated heterocycles. The van der Waals surface area contributed by atoms with Gasteiger partial charge in [0, 0.05) is 38.1 Å². The lowest BCUT2D eigenvalue weighted by Crippen LogP contribution is -2.61. The van der Waals surface area contributed by atoms with Gasteiger partial charge in [-0.3, -0.25) is 4.79 Å². The number of rotatable bonds is 5. The monoisotopic (exact) mass is 320 g/mol. The van der Waals surface area contributed by atoms with E-state index in [2.05, 4.69) is 21.3 Å². The van der Waals surface area contributed by atoms with Crippen LogP contribution in [0.4, 0.5) is 4.79 Å². The highest BCUT2D eigenvalue weighted by atomic mass is 16.2. The van der Waals surface area contributed by atoms with Gasteiger partial charge in [0.2, 0.25) is 5.91 Å². The summed E-state index contributed by atoms with van der Waals surface area (Å²) in [6.07, 6.45) is 3.81. The summed E-state index contributed by atoms with van der Waals surface area (Å²) in [6, 6.07) is 3.66. The van der Waals surface area contributed by atoms with Crippen molar-refractivity contribution in [3.8, 4) is 0 Å². The summed E-state index contributed by atoms with van der Waals surface area (Å²) >= 11 is 0. The van der Waals surface area contributed by atoms with Crippen LogP contribution in [-0.4, -0.2) is 46.6 Å². The Morgan fingerprint density at radius 2 is 2.17 bits per heavy atom.